The fourth-order valence-corrected chi connectivity index (χ4v) is 2.91. The van der Waals surface area contributed by atoms with Crippen LogP contribution in [0.3, 0.4) is 0 Å². The third-order valence-electron chi connectivity index (χ3n) is 3.24. The lowest BCUT2D eigenvalue weighted by molar-refractivity contribution is -0.385. The van der Waals surface area contributed by atoms with Crippen molar-refractivity contribution in [3.8, 4) is 5.75 Å². The molecule has 3 rings (SSSR count). The van der Waals surface area contributed by atoms with Crippen LogP contribution in [0.1, 0.15) is 18.9 Å². The van der Waals surface area contributed by atoms with E-state index in [1.807, 2.05) is 4.57 Å². The third-order valence-corrected chi connectivity index (χ3v) is 4.14. The molecule has 1 aromatic heterocycles. The van der Waals surface area contributed by atoms with E-state index >= 15 is 0 Å². The fourth-order valence-electron chi connectivity index (χ4n) is 2.08. The number of aromatic nitrogens is 3. The Balaban J connectivity index is 1.55. The van der Waals surface area contributed by atoms with Gasteiger partial charge in [-0.2, -0.15) is 0 Å². The van der Waals surface area contributed by atoms with E-state index in [0.717, 1.165) is 18.0 Å². The zero-order valence-corrected chi connectivity index (χ0v) is 12.5. The third kappa shape index (κ3) is 3.14. The molecule has 9 heteroatoms. The van der Waals surface area contributed by atoms with Crippen molar-refractivity contribution in [2.45, 2.75) is 24.0 Å². The van der Waals surface area contributed by atoms with Crippen LogP contribution in [-0.4, -0.2) is 32.0 Å². The molecule has 1 fully saturated rings. The monoisotopic (exact) mass is 321 g/mol. The summed E-state index contributed by atoms with van der Waals surface area (Å²) in [5.41, 5.74) is 5.77. The number of rotatable bonds is 7. The first-order chi connectivity index (χ1) is 10.7. The van der Waals surface area contributed by atoms with Crippen molar-refractivity contribution in [1.29, 1.82) is 0 Å². The van der Waals surface area contributed by atoms with Crippen molar-refractivity contribution >= 4 is 23.4 Å². The second kappa shape index (κ2) is 6.22. The van der Waals surface area contributed by atoms with Crippen LogP contribution in [0, 0.1) is 10.1 Å². The van der Waals surface area contributed by atoms with Gasteiger partial charge in [-0.1, -0.05) is 23.9 Å². The number of ether oxygens (including phenoxy) is 1. The predicted octanol–water partition coefficient (Wildman–Crippen LogP) is 2.27. The van der Waals surface area contributed by atoms with Crippen molar-refractivity contribution in [3.05, 3.63) is 34.4 Å². The first-order valence-electron chi connectivity index (χ1n) is 6.86. The molecule has 8 nitrogen and oxygen atoms in total. The number of nitro benzene ring substituents is 1. The Morgan fingerprint density at radius 1 is 1.41 bits per heavy atom. The lowest BCUT2D eigenvalue weighted by atomic mass is 10.3. The summed E-state index contributed by atoms with van der Waals surface area (Å²) < 4.78 is 7.43. The predicted molar refractivity (Wildman–Crippen MR) is 82.0 cm³/mol. The lowest BCUT2D eigenvalue weighted by Gasteiger charge is -2.07. The van der Waals surface area contributed by atoms with E-state index in [-0.39, 0.29) is 11.4 Å². The summed E-state index contributed by atoms with van der Waals surface area (Å²) in [4.78, 5) is 10.4. The second-order valence-corrected chi connectivity index (χ2v) is 5.93. The molecule has 116 valence electrons. The average Bonchev–Trinajstić information content (AvgIpc) is 3.27. The normalized spacial score (nSPS) is 14.0. The molecule has 1 aromatic carbocycles. The van der Waals surface area contributed by atoms with Gasteiger partial charge in [-0.3, -0.25) is 14.7 Å². The van der Waals surface area contributed by atoms with Crippen molar-refractivity contribution in [2.75, 3.05) is 18.1 Å². The van der Waals surface area contributed by atoms with Crippen LogP contribution < -0.4 is 10.5 Å². The van der Waals surface area contributed by atoms with Gasteiger partial charge in [0.15, 0.2) is 10.9 Å². The molecule has 0 spiro atoms. The molecule has 0 saturated heterocycles. The van der Waals surface area contributed by atoms with Crippen LogP contribution in [0.2, 0.25) is 0 Å². The molecule has 1 saturated carbocycles. The molecule has 22 heavy (non-hydrogen) atoms. The second-order valence-electron chi connectivity index (χ2n) is 4.86. The smallest absolute Gasteiger partial charge is 0.310 e. The number of nitrogens with two attached hydrogens (primary N) is 1. The largest absolute Gasteiger partial charge is 0.486 e. The average molecular weight is 321 g/mol. The topological polar surface area (TPSA) is 109 Å². The Hall–Kier alpha value is -2.29. The molecular formula is C13H15N5O3S. The number of nitrogens with zero attached hydrogens (tertiary/aromatic N) is 4. The SMILES string of the molecule is Nc1nnc(SCCOc2ccccc2[N+](=O)[O-])n1C1CC1. The number of anilines is 1. The van der Waals surface area contributed by atoms with Crippen molar-refractivity contribution in [3.63, 3.8) is 0 Å². The van der Waals surface area contributed by atoms with Gasteiger partial charge < -0.3 is 10.5 Å². The van der Waals surface area contributed by atoms with E-state index in [1.165, 1.54) is 17.8 Å². The summed E-state index contributed by atoms with van der Waals surface area (Å²) in [6.45, 7) is 0.340. The molecule has 0 bridgehead atoms. The molecular weight excluding hydrogens is 306 g/mol. The zero-order chi connectivity index (χ0) is 15.5. The molecule has 0 radical (unpaired) electrons. The summed E-state index contributed by atoms with van der Waals surface area (Å²) in [6.07, 6.45) is 2.20. The molecule has 0 unspecified atom stereocenters. The van der Waals surface area contributed by atoms with Gasteiger partial charge in [0.1, 0.15) is 0 Å². The molecule has 2 N–H and O–H groups in total. The van der Waals surface area contributed by atoms with E-state index in [2.05, 4.69) is 10.2 Å². The van der Waals surface area contributed by atoms with Gasteiger partial charge in [0.2, 0.25) is 5.95 Å². The highest BCUT2D eigenvalue weighted by molar-refractivity contribution is 7.99. The minimum Gasteiger partial charge on any atom is -0.486 e. The molecule has 1 aliphatic rings. The Kier molecular flexibility index (Phi) is 4.14. The van der Waals surface area contributed by atoms with Crippen LogP contribution >= 0.6 is 11.8 Å². The summed E-state index contributed by atoms with van der Waals surface area (Å²) in [7, 11) is 0. The number of hydrogen-bond acceptors (Lipinski definition) is 7. The van der Waals surface area contributed by atoms with Gasteiger partial charge in [-0.25, -0.2) is 0 Å². The molecule has 0 amide bonds. The van der Waals surface area contributed by atoms with Crippen molar-refractivity contribution in [1.82, 2.24) is 14.8 Å². The first kappa shape index (κ1) is 14.6. The maximum atomic E-state index is 10.9. The van der Waals surface area contributed by atoms with Crippen LogP contribution in [0.25, 0.3) is 0 Å². The van der Waals surface area contributed by atoms with Crippen molar-refractivity contribution in [2.24, 2.45) is 0 Å². The number of hydrogen-bond donors (Lipinski definition) is 1. The highest BCUT2D eigenvalue weighted by atomic mass is 32.2. The van der Waals surface area contributed by atoms with Gasteiger partial charge in [-0.05, 0) is 18.9 Å². The first-order valence-corrected chi connectivity index (χ1v) is 7.85. The lowest BCUT2D eigenvalue weighted by Crippen LogP contribution is -2.05. The van der Waals surface area contributed by atoms with E-state index in [1.54, 1.807) is 18.2 Å². The van der Waals surface area contributed by atoms with Gasteiger partial charge in [0.05, 0.1) is 11.5 Å². The minimum absolute atomic E-state index is 0.0297. The van der Waals surface area contributed by atoms with Crippen molar-refractivity contribution < 1.29 is 9.66 Å². The molecule has 1 heterocycles. The molecule has 1 aliphatic carbocycles. The van der Waals surface area contributed by atoms with Gasteiger partial charge in [0, 0.05) is 17.9 Å². The van der Waals surface area contributed by atoms with E-state index < -0.39 is 4.92 Å². The molecule has 2 aromatic rings. The van der Waals surface area contributed by atoms with Gasteiger partial charge >= 0.3 is 5.69 Å². The van der Waals surface area contributed by atoms with Crippen LogP contribution in [0.15, 0.2) is 29.4 Å². The Labute approximate surface area is 130 Å². The Morgan fingerprint density at radius 3 is 2.91 bits per heavy atom. The van der Waals surface area contributed by atoms with E-state index in [9.17, 15) is 10.1 Å². The standard InChI is InChI=1S/C13H15N5O3S/c14-12-15-16-13(17(12)9-5-6-9)22-8-7-21-11-4-2-1-3-10(11)18(19)20/h1-4,9H,5-8H2,(H2,14,15). The number of nitrogen functional groups attached to an aromatic ring is 1. The summed E-state index contributed by atoms with van der Waals surface area (Å²) in [5, 5.41) is 19.6. The summed E-state index contributed by atoms with van der Waals surface area (Å²) >= 11 is 1.48. The summed E-state index contributed by atoms with van der Waals surface area (Å²) in [6, 6.07) is 6.75. The van der Waals surface area contributed by atoms with Gasteiger partial charge in [-0.15, -0.1) is 10.2 Å². The van der Waals surface area contributed by atoms with Crippen LogP contribution in [0.4, 0.5) is 11.6 Å². The highest BCUT2D eigenvalue weighted by Crippen LogP contribution is 2.39. The molecule has 0 aliphatic heterocycles. The van der Waals surface area contributed by atoms with Crippen LogP contribution in [-0.2, 0) is 0 Å². The van der Waals surface area contributed by atoms with E-state index in [4.69, 9.17) is 10.5 Å². The summed E-state index contributed by atoms with van der Waals surface area (Å²) in [5.74, 6) is 1.32. The highest BCUT2D eigenvalue weighted by Gasteiger charge is 2.28. The van der Waals surface area contributed by atoms with Crippen LogP contribution in [0.5, 0.6) is 5.75 Å². The number of benzene rings is 1. The number of nitro groups is 1. The Morgan fingerprint density at radius 2 is 2.18 bits per heavy atom. The maximum Gasteiger partial charge on any atom is 0.310 e. The quantitative estimate of drug-likeness (QED) is 0.360. The maximum absolute atomic E-state index is 10.9. The fraction of sp³-hybridized carbons (Fsp3) is 0.385. The minimum atomic E-state index is -0.451. The van der Waals surface area contributed by atoms with E-state index in [0.29, 0.717) is 24.3 Å². The molecule has 0 atom stereocenters. The zero-order valence-electron chi connectivity index (χ0n) is 11.7. The number of thioether (sulfide) groups is 1. The Bertz CT molecular complexity index is 686. The van der Waals surface area contributed by atoms with Gasteiger partial charge in [0.25, 0.3) is 0 Å². The number of para-hydroxylation sites is 2.